The second kappa shape index (κ2) is 6.43. The molecule has 1 fully saturated rings. The molecule has 0 aromatic carbocycles. The van der Waals surface area contributed by atoms with Crippen LogP contribution in [0.15, 0.2) is 17.5 Å². The van der Waals surface area contributed by atoms with E-state index in [4.69, 9.17) is 0 Å². The van der Waals surface area contributed by atoms with Gasteiger partial charge in [-0.05, 0) is 24.3 Å². The largest absolute Gasteiger partial charge is 0.480 e. The number of carbonyl (C=O) groups is 2. The van der Waals surface area contributed by atoms with Crippen LogP contribution in [0.2, 0.25) is 0 Å². The smallest absolute Gasteiger partial charge is 0.327 e. The molecule has 1 aromatic heterocycles. The highest BCUT2D eigenvalue weighted by Gasteiger charge is 2.40. The molecule has 0 radical (unpaired) electrons. The molecule has 104 valence electrons. The van der Waals surface area contributed by atoms with E-state index in [0.717, 1.165) is 6.42 Å². The zero-order chi connectivity index (χ0) is 13.8. The van der Waals surface area contributed by atoms with Crippen molar-refractivity contribution < 1.29 is 14.7 Å². The van der Waals surface area contributed by atoms with Gasteiger partial charge >= 0.3 is 5.97 Å². The minimum absolute atomic E-state index is 0.0111. The van der Waals surface area contributed by atoms with Crippen LogP contribution < -0.4 is 0 Å². The molecule has 19 heavy (non-hydrogen) atoms. The standard InChI is InChI=1S/C13H17NO3S2/c1-2-12-14(10(8-19-12)13(16)17)11(15)6-5-9-4-3-7-18-9/h3-4,7,10,12H,2,5-6,8H2,1H3,(H,16,17). The summed E-state index contributed by atoms with van der Waals surface area (Å²) in [4.78, 5) is 26.2. The summed E-state index contributed by atoms with van der Waals surface area (Å²) in [6, 6.07) is 3.30. The molecule has 0 aliphatic carbocycles. The first kappa shape index (κ1) is 14.4. The summed E-state index contributed by atoms with van der Waals surface area (Å²) in [7, 11) is 0. The Morgan fingerprint density at radius 2 is 2.32 bits per heavy atom. The summed E-state index contributed by atoms with van der Waals surface area (Å²) in [6.45, 7) is 1.99. The lowest BCUT2D eigenvalue weighted by atomic mass is 10.2. The van der Waals surface area contributed by atoms with Crippen molar-refractivity contribution in [2.75, 3.05) is 5.75 Å². The summed E-state index contributed by atoms with van der Waals surface area (Å²) in [5.41, 5.74) is 0. The first-order valence-electron chi connectivity index (χ1n) is 6.31. The highest BCUT2D eigenvalue weighted by atomic mass is 32.2. The molecule has 2 unspecified atom stereocenters. The first-order valence-corrected chi connectivity index (χ1v) is 8.24. The zero-order valence-electron chi connectivity index (χ0n) is 10.7. The Bertz CT molecular complexity index is 447. The van der Waals surface area contributed by atoms with E-state index >= 15 is 0 Å². The fraction of sp³-hybridized carbons (Fsp3) is 0.538. The van der Waals surface area contributed by atoms with E-state index in [1.165, 1.54) is 4.88 Å². The van der Waals surface area contributed by atoms with Crippen molar-refractivity contribution in [1.82, 2.24) is 4.90 Å². The van der Waals surface area contributed by atoms with Crippen molar-refractivity contribution in [3.8, 4) is 0 Å². The normalized spacial score (nSPS) is 22.7. The van der Waals surface area contributed by atoms with Crippen molar-refractivity contribution >= 4 is 35.0 Å². The van der Waals surface area contributed by atoms with Crippen LogP contribution in [0.3, 0.4) is 0 Å². The Hall–Kier alpha value is -1.01. The summed E-state index contributed by atoms with van der Waals surface area (Å²) in [6.07, 6.45) is 1.88. The molecule has 2 atom stereocenters. The molecule has 6 heteroatoms. The van der Waals surface area contributed by atoms with Gasteiger partial charge in [-0.2, -0.15) is 0 Å². The van der Waals surface area contributed by atoms with E-state index in [1.807, 2.05) is 24.4 Å². The predicted octanol–water partition coefficient (Wildman–Crippen LogP) is 2.45. The minimum Gasteiger partial charge on any atom is -0.480 e. The quantitative estimate of drug-likeness (QED) is 0.907. The van der Waals surface area contributed by atoms with Crippen LogP contribution in [-0.4, -0.2) is 39.1 Å². The molecule has 0 spiro atoms. The fourth-order valence-corrected chi connectivity index (χ4v) is 4.29. The average molecular weight is 299 g/mol. The van der Waals surface area contributed by atoms with Crippen LogP contribution in [-0.2, 0) is 16.0 Å². The van der Waals surface area contributed by atoms with E-state index in [9.17, 15) is 14.7 Å². The molecule has 2 rings (SSSR count). The maximum Gasteiger partial charge on any atom is 0.327 e. The maximum atomic E-state index is 12.3. The van der Waals surface area contributed by atoms with Crippen LogP contribution in [0.25, 0.3) is 0 Å². The number of carboxylic acids is 1. The number of amides is 1. The number of carboxylic acid groups (broad SMARTS) is 1. The number of carbonyl (C=O) groups excluding carboxylic acids is 1. The highest BCUT2D eigenvalue weighted by molar-refractivity contribution is 8.00. The molecule has 0 saturated carbocycles. The Morgan fingerprint density at radius 1 is 1.53 bits per heavy atom. The van der Waals surface area contributed by atoms with Gasteiger partial charge in [0.05, 0.1) is 5.37 Å². The van der Waals surface area contributed by atoms with Crippen molar-refractivity contribution in [1.29, 1.82) is 0 Å². The van der Waals surface area contributed by atoms with Crippen LogP contribution in [0.4, 0.5) is 0 Å². The summed E-state index contributed by atoms with van der Waals surface area (Å²) in [5.74, 6) is -0.441. The molecule has 1 aliphatic heterocycles. The van der Waals surface area contributed by atoms with Gasteiger partial charge in [0.25, 0.3) is 0 Å². The van der Waals surface area contributed by atoms with Crippen molar-refractivity contribution in [3.63, 3.8) is 0 Å². The number of hydrogen-bond donors (Lipinski definition) is 1. The number of aliphatic carboxylic acids is 1. The third kappa shape index (κ3) is 3.30. The third-order valence-electron chi connectivity index (χ3n) is 3.18. The second-order valence-corrected chi connectivity index (χ2v) is 6.67. The molecule has 1 saturated heterocycles. The lowest BCUT2D eigenvalue weighted by molar-refractivity contribution is -0.149. The van der Waals surface area contributed by atoms with Crippen LogP contribution in [0, 0.1) is 0 Å². The van der Waals surface area contributed by atoms with Gasteiger partial charge < -0.3 is 10.0 Å². The minimum atomic E-state index is -0.895. The van der Waals surface area contributed by atoms with Gasteiger partial charge in [0.15, 0.2) is 0 Å². The molecule has 1 N–H and O–H groups in total. The maximum absolute atomic E-state index is 12.3. The van der Waals surface area contributed by atoms with E-state index in [2.05, 4.69) is 0 Å². The lowest BCUT2D eigenvalue weighted by Crippen LogP contribution is -2.45. The molecule has 2 heterocycles. The Kier molecular flexibility index (Phi) is 4.87. The SMILES string of the molecule is CCC1SCC(C(=O)O)N1C(=O)CCc1cccs1. The van der Waals surface area contributed by atoms with Crippen LogP contribution >= 0.6 is 23.1 Å². The fourth-order valence-electron chi connectivity index (χ4n) is 2.22. The molecule has 1 amide bonds. The van der Waals surface area contributed by atoms with Gasteiger partial charge in [-0.25, -0.2) is 4.79 Å². The topological polar surface area (TPSA) is 57.6 Å². The van der Waals surface area contributed by atoms with Crippen LogP contribution in [0.5, 0.6) is 0 Å². The van der Waals surface area contributed by atoms with E-state index < -0.39 is 12.0 Å². The molecule has 1 aliphatic rings. The van der Waals surface area contributed by atoms with Crippen molar-refractivity contribution in [2.45, 2.75) is 37.6 Å². The number of rotatable bonds is 5. The van der Waals surface area contributed by atoms with Gasteiger partial charge in [-0.15, -0.1) is 23.1 Å². The zero-order valence-corrected chi connectivity index (χ0v) is 12.4. The van der Waals surface area contributed by atoms with Crippen molar-refractivity contribution in [2.24, 2.45) is 0 Å². The molecular formula is C13H17NO3S2. The van der Waals surface area contributed by atoms with E-state index in [-0.39, 0.29) is 11.3 Å². The summed E-state index contributed by atoms with van der Waals surface area (Å²) in [5, 5.41) is 11.2. The first-order chi connectivity index (χ1) is 9.13. The predicted molar refractivity (Wildman–Crippen MR) is 77.4 cm³/mol. The Balaban J connectivity index is 2.00. The highest BCUT2D eigenvalue weighted by Crippen LogP contribution is 2.32. The van der Waals surface area contributed by atoms with Gasteiger partial charge in [-0.1, -0.05) is 13.0 Å². The number of thiophene rings is 1. The third-order valence-corrected chi connectivity index (χ3v) is 5.57. The summed E-state index contributed by atoms with van der Waals surface area (Å²) >= 11 is 3.19. The van der Waals surface area contributed by atoms with Gasteiger partial charge in [0, 0.05) is 17.1 Å². The molecule has 4 nitrogen and oxygen atoms in total. The van der Waals surface area contributed by atoms with Gasteiger partial charge in [0.1, 0.15) is 6.04 Å². The Labute approximate surface area is 120 Å². The molecule has 0 bridgehead atoms. The monoisotopic (exact) mass is 299 g/mol. The second-order valence-electron chi connectivity index (χ2n) is 4.43. The molecule has 1 aromatic rings. The van der Waals surface area contributed by atoms with Gasteiger partial charge in [0.2, 0.25) is 5.91 Å². The average Bonchev–Trinajstić information content (AvgIpc) is 3.04. The van der Waals surface area contributed by atoms with Gasteiger partial charge in [-0.3, -0.25) is 4.79 Å². The van der Waals surface area contributed by atoms with E-state index in [0.29, 0.717) is 18.6 Å². The lowest BCUT2D eigenvalue weighted by Gasteiger charge is -2.26. The Morgan fingerprint density at radius 3 is 2.89 bits per heavy atom. The van der Waals surface area contributed by atoms with Crippen LogP contribution in [0.1, 0.15) is 24.6 Å². The number of nitrogens with zero attached hydrogens (tertiary/aromatic N) is 1. The molecular weight excluding hydrogens is 282 g/mol. The number of aryl methyl sites for hydroxylation is 1. The van der Waals surface area contributed by atoms with E-state index in [1.54, 1.807) is 28.0 Å². The number of hydrogen-bond acceptors (Lipinski definition) is 4. The van der Waals surface area contributed by atoms with Crippen molar-refractivity contribution in [3.05, 3.63) is 22.4 Å². The summed E-state index contributed by atoms with van der Waals surface area (Å²) < 4.78 is 0. The number of thioether (sulfide) groups is 1.